The van der Waals surface area contributed by atoms with E-state index in [1.807, 2.05) is 47.8 Å². The summed E-state index contributed by atoms with van der Waals surface area (Å²) < 4.78 is 48.7. The average Bonchev–Trinajstić information content (AvgIpc) is 3.37. The third kappa shape index (κ3) is 5.63. The van der Waals surface area contributed by atoms with Crippen LogP contribution >= 0.6 is 11.3 Å². The summed E-state index contributed by atoms with van der Waals surface area (Å²) >= 11 is 1.51. The molecule has 1 heterocycles. The van der Waals surface area contributed by atoms with Gasteiger partial charge in [-0.2, -0.15) is 13.2 Å². The molecule has 0 aliphatic rings. The van der Waals surface area contributed by atoms with Crippen LogP contribution < -0.4 is 14.8 Å². The minimum Gasteiger partial charge on any atom is -0.493 e. The van der Waals surface area contributed by atoms with Gasteiger partial charge in [-0.25, -0.2) is 4.98 Å². The van der Waals surface area contributed by atoms with Crippen molar-refractivity contribution in [1.82, 2.24) is 10.3 Å². The number of carbonyl (C=O) groups excluding carboxylic acids is 1. The molecular formula is C26H21F3N2O3S. The monoisotopic (exact) mass is 498 g/mol. The number of benzene rings is 3. The molecule has 0 saturated heterocycles. The van der Waals surface area contributed by atoms with E-state index in [0.717, 1.165) is 39.5 Å². The first kappa shape index (κ1) is 24.3. The number of amides is 1. The molecular weight excluding hydrogens is 477 g/mol. The van der Waals surface area contributed by atoms with Crippen LogP contribution in [0.2, 0.25) is 0 Å². The number of aromatic nitrogens is 1. The molecule has 3 aromatic carbocycles. The zero-order valence-corrected chi connectivity index (χ0v) is 19.7. The quantitative estimate of drug-likeness (QED) is 0.318. The lowest BCUT2D eigenvalue weighted by atomic mass is 10.1. The second kappa shape index (κ2) is 10.2. The molecule has 1 N–H and O–H groups in total. The van der Waals surface area contributed by atoms with Crippen molar-refractivity contribution >= 4 is 17.2 Å². The van der Waals surface area contributed by atoms with Gasteiger partial charge in [-0.3, -0.25) is 4.79 Å². The average molecular weight is 499 g/mol. The number of nitrogens with one attached hydrogen (secondary N) is 1. The molecule has 0 unspecified atom stereocenters. The van der Waals surface area contributed by atoms with Gasteiger partial charge in [0, 0.05) is 28.6 Å². The molecule has 0 fully saturated rings. The fourth-order valence-electron chi connectivity index (χ4n) is 3.39. The van der Waals surface area contributed by atoms with Gasteiger partial charge in [0.15, 0.2) is 11.5 Å². The van der Waals surface area contributed by atoms with E-state index in [1.54, 1.807) is 14.2 Å². The molecule has 0 atom stereocenters. The van der Waals surface area contributed by atoms with E-state index in [1.165, 1.54) is 23.5 Å². The van der Waals surface area contributed by atoms with Gasteiger partial charge in [0.05, 0.1) is 25.5 Å². The summed E-state index contributed by atoms with van der Waals surface area (Å²) in [5, 5.41) is 5.53. The maximum Gasteiger partial charge on any atom is 0.416 e. The summed E-state index contributed by atoms with van der Waals surface area (Å²) in [6, 6.07) is 17.3. The Morgan fingerprint density at radius 3 is 2.20 bits per heavy atom. The van der Waals surface area contributed by atoms with Crippen molar-refractivity contribution in [2.24, 2.45) is 0 Å². The van der Waals surface area contributed by atoms with Crippen LogP contribution in [-0.2, 0) is 12.7 Å². The summed E-state index contributed by atoms with van der Waals surface area (Å²) in [6.07, 6.45) is -4.43. The van der Waals surface area contributed by atoms with Crippen LogP contribution in [0.4, 0.5) is 13.2 Å². The minimum atomic E-state index is -4.43. The zero-order valence-electron chi connectivity index (χ0n) is 18.8. The van der Waals surface area contributed by atoms with Crippen molar-refractivity contribution in [3.05, 3.63) is 88.8 Å². The van der Waals surface area contributed by atoms with Gasteiger partial charge >= 0.3 is 6.18 Å². The molecule has 0 bridgehead atoms. The number of alkyl halides is 3. The predicted octanol–water partition coefficient (Wildman–Crippen LogP) is 6.44. The van der Waals surface area contributed by atoms with Crippen molar-refractivity contribution in [3.63, 3.8) is 0 Å². The first-order valence-corrected chi connectivity index (χ1v) is 11.4. The number of hydrogen-bond donors (Lipinski definition) is 1. The second-order valence-corrected chi connectivity index (χ2v) is 8.42. The molecule has 0 radical (unpaired) electrons. The third-order valence-electron chi connectivity index (χ3n) is 5.31. The van der Waals surface area contributed by atoms with E-state index in [2.05, 4.69) is 5.32 Å². The largest absolute Gasteiger partial charge is 0.493 e. The number of hydrogen-bond acceptors (Lipinski definition) is 5. The van der Waals surface area contributed by atoms with E-state index in [-0.39, 0.29) is 12.1 Å². The Balaban J connectivity index is 1.40. The first-order chi connectivity index (χ1) is 16.8. The van der Waals surface area contributed by atoms with Crippen LogP contribution in [0.5, 0.6) is 11.5 Å². The summed E-state index contributed by atoms with van der Waals surface area (Å²) in [6.45, 7) is 0.245. The molecule has 4 aromatic rings. The van der Waals surface area contributed by atoms with E-state index in [4.69, 9.17) is 14.5 Å². The van der Waals surface area contributed by atoms with Gasteiger partial charge in [-0.1, -0.05) is 24.3 Å². The first-order valence-electron chi connectivity index (χ1n) is 10.5. The predicted molar refractivity (Wildman–Crippen MR) is 129 cm³/mol. The van der Waals surface area contributed by atoms with E-state index < -0.39 is 17.6 Å². The SMILES string of the molecule is COc1ccc(-c2csc(-c3ccc(CNC(=O)c4ccc(C(F)(F)F)cc4)cc3)n2)cc1OC. The highest BCUT2D eigenvalue weighted by atomic mass is 32.1. The maximum absolute atomic E-state index is 12.7. The van der Waals surface area contributed by atoms with Gasteiger partial charge in [0.25, 0.3) is 5.91 Å². The molecule has 9 heteroatoms. The van der Waals surface area contributed by atoms with Crippen LogP contribution in [0.15, 0.2) is 72.1 Å². The van der Waals surface area contributed by atoms with E-state index in [0.29, 0.717) is 11.5 Å². The molecule has 5 nitrogen and oxygen atoms in total. The Hall–Kier alpha value is -3.85. The number of thiazole rings is 1. The lowest BCUT2D eigenvalue weighted by Gasteiger charge is -2.09. The Morgan fingerprint density at radius 2 is 1.57 bits per heavy atom. The fourth-order valence-corrected chi connectivity index (χ4v) is 4.23. The van der Waals surface area contributed by atoms with Crippen LogP contribution in [-0.4, -0.2) is 25.1 Å². The van der Waals surface area contributed by atoms with Gasteiger partial charge in [0.2, 0.25) is 0 Å². The number of carbonyl (C=O) groups is 1. The highest BCUT2D eigenvalue weighted by Crippen LogP contribution is 2.34. The highest BCUT2D eigenvalue weighted by Gasteiger charge is 2.30. The summed E-state index contributed by atoms with van der Waals surface area (Å²) in [5.41, 5.74) is 2.89. The Morgan fingerprint density at radius 1 is 0.914 bits per heavy atom. The number of ether oxygens (including phenoxy) is 2. The molecule has 1 amide bonds. The van der Waals surface area contributed by atoms with Crippen LogP contribution in [0.1, 0.15) is 21.5 Å². The molecule has 4 rings (SSSR count). The Labute approximate surface area is 204 Å². The fraction of sp³-hybridized carbons (Fsp3) is 0.154. The van der Waals surface area contributed by atoms with Gasteiger partial charge in [-0.15, -0.1) is 11.3 Å². The smallest absolute Gasteiger partial charge is 0.416 e. The van der Waals surface area contributed by atoms with Crippen molar-refractivity contribution in [2.45, 2.75) is 12.7 Å². The maximum atomic E-state index is 12.7. The molecule has 0 spiro atoms. The molecule has 35 heavy (non-hydrogen) atoms. The highest BCUT2D eigenvalue weighted by molar-refractivity contribution is 7.13. The Kier molecular flexibility index (Phi) is 7.07. The normalized spacial score (nSPS) is 11.2. The topological polar surface area (TPSA) is 60.5 Å². The van der Waals surface area contributed by atoms with Crippen molar-refractivity contribution < 1.29 is 27.4 Å². The summed E-state index contributed by atoms with van der Waals surface area (Å²) in [7, 11) is 3.17. The second-order valence-electron chi connectivity index (χ2n) is 7.56. The van der Waals surface area contributed by atoms with Crippen LogP contribution in [0.25, 0.3) is 21.8 Å². The summed E-state index contributed by atoms with van der Waals surface area (Å²) in [5.74, 6) is 0.831. The standard InChI is InChI=1S/C26H21F3N2O3S/c1-33-22-12-9-19(13-23(22)34-2)21-15-35-25(31-21)18-5-3-16(4-6-18)14-30-24(32)17-7-10-20(11-8-17)26(27,28)29/h3-13,15H,14H2,1-2H3,(H,30,32). The van der Waals surface area contributed by atoms with Gasteiger partial charge in [0.1, 0.15) is 5.01 Å². The van der Waals surface area contributed by atoms with E-state index >= 15 is 0 Å². The third-order valence-corrected chi connectivity index (χ3v) is 6.20. The Bertz CT molecular complexity index is 1320. The van der Waals surface area contributed by atoms with Crippen molar-refractivity contribution in [2.75, 3.05) is 14.2 Å². The molecule has 0 aliphatic carbocycles. The lowest BCUT2D eigenvalue weighted by molar-refractivity contribution is -0.137. The van der Waals surface area contributed by atoms with Crippen LogP contribution in [0, 0.1) is 0 Å². The molecule has 180 valence electrons. The molecule has 0 aliphatic heterocycles. The number of halogens is 3. The summed E-state index contributed by atoms with van der Waals surface area (Å²) in [4.78, 5) is 17.0. The van der Waals surface area contributed by atoms with Crippen molar-refractivity contribution in [3.8, 4) is 33.3 Å². The number of nitrogens with zero attached hydrogens (tertiary/aromatic N) is 1. The number of rotatable bonds is 7. The molecule has 0 saturated carbocycles. The van der Waals surface area contributed by atoms with Crippen molar-refractivity contribution in [1.29, 1.82) is 0 Å². The van der Waals surface area contributed by atoms with Crippen LogP contribution in [0.3, 0.4) is 0 Å². The molecule has 1 aromatic heterocycles. The minimum absolute atomic E-state index is 0.167. The van der Waals surface area contributed by atoms with Gasteiger partial charge < -0.3 is 14.8 Å². The lowest BCUT2D eigenvalue weighted by Crippen LogP contribution is -2.22. The van der Waals surface area contributed by atoms with E-state index in [9.17, 15) is 18.0 Å². The zero-order chi connectivity index (χ0) is 25.0. The van der Waals surface area contributed by atoms with Gasteiger partial charge in [-0.05, 0) is 48.0 Å². The number of methoxy groups -OCH3 is 2.